The highest BCUT2D eigenvalue weighted by Crippen LogP contribution is 1.95. The topological polar surface area (TPSA) is 80.9 Å². The van der Waals surface area contributed by atoms with Gasteiger partial charge in [-0.2, -0.15) is 0 Å². The van der Waals surface area contributed by atoms with Crippen LogP contribution in [0.5, 0.6) is 0 Å². The maximum atomic E-state index is 10.2. The van der Waals surface area contributed by atoms with Crippen molar-refractivity contribution in [3.05, 3.63) is 52.9 Å². The number of rotatable bonds is 0. The largest absolute Gasteiger partial charge is 0.399 e. The molecule has 0 aliphatic carbocycles. The number of para-hydroxylation sites is 1. The minimum Gasteiger partial charge on any atom is -0.399 e. The molecule has 2 rings (SSSR count). The molecular formula is C11H15N3O2. The zero-order valence-corrected chi connectivity index (χ0v) is 9.09. The van der Waals surface area contributed by atoms with Crippen LogP contribution in [0.1, 0.15) is 0 Å². The number of H-pyrrole nitrogens is 1. The fourth-order valence-electron chi connectivity index (χ4n) is 0.881. The van der Waals surface area contributed by atoms with Gasteiger partial charge >= 0.3 is 0 Å². The normalized spacial score (nSPS) is 8.06. The average molecular weight is 221 g/mol. The summed E-state index contributed by atoms with van der Waals surface area (Å²) in [6.07, 6.45) is 1.67. The molecular weight excluding hydrogens is 206 g/mol. The van der Waals surface area contributed by atoms with E-state index in [0.29, 0.717) is 0 Å². The quantitative estimate of drug-likeness (QED) is 0.645. The van der Waals surface area contributed by atoms with Gasteiger partial charge in [0, 0.05) is 25.0 Å². The molecule has 0 amide bonds. The summed E-state index contributed by atoms with van der Waals surface area (Å²) in [7, 11) is 1.77. The molecule has 0 aliphatic rings. The number of carbonyl (C=O) groups excluding carboxylic acids is 1. The summed E-state index contributed by atoms with van der Waals surface area (Å²) >= 11 is 0. The zero-order valence-electron chi connectivity index (χ0n) is 9.09. The molecule has 5 heteroatoms. The van der Waals surface area contributed by atoms with E-state index >= 15 is 0 Å². The van der Waals surface area contributed by atoms with Gasteiger partial charge in [-0.15, -0.1) is 0 Å². The van der Waals surface area contributed by atoms with Gasteiger partial charge in [-0.05, 0) is 12.1 Å². The third-order valence-corrected chi connectivity index (χ3v) is 1.54. The van der Waals surface area contributed by atoms with E-state index in [0.717, 1.165) is 5.69 Å². The Morgan fingerprint density at radius 2 is 1.75 bits per heavy atom. The Balaban J connectivity index is 0.000000244. The van der Waals surface area contributed by atoms with Crippen LogP contribution in [-0.4, -0.2) is 16.6 Å². The lowest BCUT2D eigenvalue weighted by Gasteiger charge is -1.83. The summed E-state index contributed by atoms with van der Waals surface area (Å²) < 4.78 is 1.60. The molecule has 0 fully saturated rings. The first-order valence-corrected chi connectivity index (χ1v) is 4.49. The van der Waals surface area contributed by atoms with Gasteiger partial charge in [-0.1, -0.05) is 18.2 Å². The van der Waals surface area contributed by atoms with Crippen molar-refractivity contribution in [1.29, 1.82) is 0 Å². The number of nitrogens with two attached hydrogens (primary N) is 1. The van der Waals surface area contributed by atoms with Gasteiger partial charge in [0.05, 0.1) is 0 Å². The van der Waals surface area contributed by atoms with Crippen LogP contribution < -0.4 is 11.3 Å². The third-order valence-electron chi connectivity index (χ3n) is 1.54. The molecule has 2 aromatic rings. The Morgan fingerprint density at radius 3 is 1.94 bits per heavy atom. The van der Waals surface area contributed by atoms with Crippen molar-refractivity contribution in [3.8, 4) is 0 Å². The summed E-state index contributed by atoms with van der Waals surface area (Å²) in [6, 6.07) is 11.0. The Bertz CT molecular complexity index is 434. The summed E-state index contributed by atoms with van der Waals surface area (Å²) in [5.74, 6) is 0. The van der Waals surface area contributed by atoms with Gasteiger partial charge in [0.15, 0.2) is 0 Å². The minimum atomic E-state index is -0.0532. The van der Waals surface area contributed by atoms with Crippen molar-refractivity contribution in [3.63, 3.8) is 0 Å². The highest BCUT2D eigenvalue weighted by molar-refractivity contribution is 5.35. The van der Waals surface area contributed by atoms with E-state index in [1.807, 2.05) is 37.1 Å². The minimum absolute atomic E-state index is 0.0532. The number of aromatic nitrogens is 2. The number of anilines is 1. The van der Waals surface area contributed by atoms with Crippen molar-refractivity contribution in [2.45, 2.75) is 0 Å². The number of nitrogen functional groups attached to an aromatic ring is 1. The first-order valence-electron chi connectivity index (χ1n) is 4.49. The molecule has 86 valence electrons. The van der Waals surface area contributed by atoms with E-state index in [-0.39, 0.29) is 5.56 Å². The summed E-state index contributed by atoms with van der Waals surface area (Å²) in [4.78, 5) is 18.2. The maximum absolute atomic E-state index is 10.2. The van der Waals surface area contributed by atoms with E-state index in [1.54, 1.807) is 17.9 Å². The first kappa shape index (κ1) is 13.7. The number of benzene rings is 1. The van der Waals surface area contributed by atoms with Crippen molar-refractivity contribution >= 4 is 12.5 Å². The summed E-state index contributed by atoms with van der Waals surface area (Å²) in [5, 5.41) is 2.50. The number of hydrogen-bond acceptors (Lipinski definition) is 3. The van der Waals surface area contributed by atoms with E-state index in [9.17, 15) is 4.79 Å². The fraction of sp³-hybridized carbons (Fsp3) is 0.0909. The molecule has 0 saturated heterocycles. The standard InChI is InChI=1S/C6H7N.C4H6N2O.CH2O/c7-6-4-2-1-3-5-6;1-6-3-2-4(7)5-6;1-2/h1-5H,7H2;2-3H,1H3,(H,5,7);1H2. The Hall–Kier alpha value is -2.30. The number of nitrogens with one attached hydrogen (secondary N) is 1. The highest BCUT2D eigenvalue weighted by atomic mass is 16.1. The van der Waals surface area contributed by atoms with Gasteiger partial charge in [0.2, 0.25) is 0 Å². The molecule has 3 N–H and O–H groups in total. The van der Waals surface area contributed by atoms with E-state index in [4.69, 9.17) is 10.5 Å². The summed E-state index contributed by atoms with van der Waals surface area (Å²) in [6.45, 7) is 2.00. The Kier molecular flexibility index (Phi) is 6.89. The van der Waals surface area contributed by atoms with Crippen molar-refractivity contribution < 1.29 is 4.79 Å². The van der Waals surface area contributed by atoms with Gasteiger partial charge in [-0.25, -0.2) is 0 Å². The van der Waals surface area contributed by atoms with Crippen molar-refractivity contribution in [2.75, 3.05) is 5.73 Å². The number of aromatic amines is 1. The lowest BCUT2D eigenvalue weighted by Crippen LogP contribution is -1.99. The maximum Gasteiger partial charge on any atom is 0.264 e. The van der Waals surface area contributed by atoms with Crippen LogP contribution in [0.2, 0.25) is 0 Å². The Labute approximate surface area is 93.5 Å². The van der Waals surface area contributed by atoms with E-state index in [2.05, 4.69) is 5.10 Å². The van der Waals surface area contributed by atoms with E-state index in [1.165, 1.54) is 6.07 Å². The van der Waals surface area contributed by atoms with Gasteiger partial charge in [0.1, 0.15) is 6.79 Å². The van der Waals surface area contributed by atoms with Crippen LogP contribution >= 0.6 is 0 Å². The van der Waals surface area contributed by atoms with Crippen molar-refractivity contribution in [1.82, 2.24) is 9.78 Å². The fourth-order valence-corrected chi connectivity index (χ4v) is 0.881. The second-order valence-electron chi connectivity index (χ2n) is 2.81. The lowest BCUT2D eigenvalue weighted by atomic mass is 10.3. The monoisotopic (exact) mass is 221 g/mol. The van der Waals surface area contributed by atoms with E-state index < -0.39 is 0 Å². The highest BCUT2D eigenvalue weighted by Gasteiger charge is 1.78. The number of carbonyl (C=O) groups is 1. The van der Waals surface area contributed by atoms with Gasteiger partial charge in [0.25, 0.3) is 5.56 Å². The van der Waals surface area contributed by atoms with Gasteiger partial charge < -0.3 is 10.5 Å². The third kappa shape index (κ3) is 6.20. The first-order chi connectivity index (χ1) is 7.68. The number of hydrogen-bond donors (Lipinski definition) is 2. The van der Waals surface area contributed by atoms with Crippen LogP contribution in [0.25, 0.3) is 0 Å². The predicted octanol–water partition coefficient (Wildman–Crippen LogP) is 0.797. The average Bonchev–Trinajstić information content (AvgIpc) is 2.67. The predicted molar refractivity (Wildman–Crippen MR) is 64.0 cm³/mol. The number of aryl methyl sites for hydroxylation is 1. The van der Waals surface area contributed by atoms with Crippen LogP contribution in [0, 0.1) is 0 Å². The molecule has 0 spiro atoms. The molecule has 5 nitrogen and oxygen atoms in total. The molecule has 0 atom stereocenters. The molecule has 16 heavy (non-hydrogen) atoms. The zero-order chi connectivity index (χ0) is 12.4. The molecule has 1 heterocycles. The van der Waals surface area contributed by atoms with Gasteiger partial charge in [-0.3, -0.25) is 14.6 Å². The second-order valence-corrected chi connectivity index (χ2v) is 2.81. The lowest BCUT2D eigenvalue weighted by molar-refractivity contribution is -0.0979. The molecule has 1 aromatic heterocycles. The molecule has 0 aliphatic heterocycles. The van der Waals surface area contributed by atoms with Crippen LogP contribution in [0.4, 0.5) is 5.69 Å². The summed E-state index contributed by atoms with van der Waals surface area (Å²) in [5.41, 5.74) is 6.13. The number of nitrogens with zero attached hydrogens (tertiary/aromatic N) is 1. The molecule has 0 radical (unpaired) electrons. The molecule has 0 saturated carbocycles. The second kappa shape index (κ2) is 8.05. The van der Waals surface area contributed by atoms with Crippen molar-refractivity contribution in [2.24, 2.45) is 7.05 Å². The molecule has 0 bridgehead atoms. The van der Waals surface area contributed by atoms with Crippen LogP contribution in [-0.2, 0) is 11.8 Å². The Morgan fingerprint density at radius 1 is 1.19 bits per heavy atom. The van der Waals surface area contributed by atoms with Crippen LogP contribution in [0.3, 0.4) is 0 Å². The molecule has 0 unspecified atom stereocenters. The smallest absolute Gasteiger partial charge is 0.264 e. The molecule has 1 aromatic carbocycles. The SMILES string of the molecule is C=O.Cn1ccc(=O)[nH]1.Nc1ccccc1. The van der Waals surface area contributed by atoms with Crippen LogP contribution in [0.15, 0.2) is 47.4 Å².